The van der Waals surface area contributed by atoms with Gasteiger partial charge in [0.1, 0.15) is 0 Å². The van der Waals surface area contributed by atoms with Gasteiger partial charge in [0.2, 0.25) is 5.44 Å². The molecule has 0 aliphatic rings. The minimum absolute atomic E-state index is 0.147. The molecule has 1 unspecified atom stereocenters. The fourth-order valence-corrected chi connectivity index (χ4v) is 2.58. The van der Waals surface area contributed by atoms with Crippen molar-refractivity contribution >= 4 is 25.9 Å². The fourth-order valence-electron chi connectivity index (χ4n) is 1.28. The Morgan fingerprint density at radius 1 is 1.22 bits per heavy atom. The molecule has 0 aromatic rings. The van der Waals surface area contributed by atoms with Crippen molar-refractivity contribution in [3.63, 3.8) is 0 Å². The summed E-state index contributed by atoms with van der Waals surface area (Å²) in [6.07, 6.45) is 6.16. The molecule has 0 aliphatic carbocycles. The number of unbranched alkanes of at least 4 members (excludes halogenated alkanes) is 5. The van der Waals surface area contributed by atoms with Crippen LogP contribution in [0.15, 0.2) is 0 Å². The lowest BCUT2D eigenvalue weighted by Gasteiger charge is -2.08. The third kappa shape index (κ3) is 10.8. The summed E-state index contributed by atoms with van der Waals surface area (Å²) in [6, 6.07) is 0. The Labute approximate surface area is 111 Å². The molecule has 0 aliphatic heterocycles. The number of hydrogen-bond donors (Lipinski definition) is 2. The molecule has 0 fully saturated rings. The maximum absolute atomic E-state index is 11.1. The summed E-state index contributed by atoms with van der Waals surface area (Å²) >= 11 is 0. The van der Waals surface area contributed by atoms with E-state index in [4.69, 9.17) is 9.66 Å². The van der Waals surface area contributed by atoms with Gasteiger partial charge in [0, 0.05) is 10.8 Å². The van der Waals surface area contributed by atoms with Crippen LogP contribution in [0.5, 0.6) is 0 Å². The zero-order valence-electron chi connectivity index (χ0n) is 10.4. The first kappa shape index (κ1) is 17.7. The second-order valence-corrected chi connectivity index (χ2v) is 7.15. The predicted molar refractivity (Wildman–Crippen MR) is 69.5 cm³/mol. The molecule has 0 bridgehead atoms. The van der Waals surface area contributed by atoms with Gasteiger partial charge in [-0.2, -0.15) is 8.42 Å². The molecule has 0 aromatic heterocycles. The van der Waals surface area contributed by atoms with Gasteiger partial charge in [0.05, 0.1) is 6.61 Å². The normalized spacial score (nSPS) is 13.3. The maximum atomic E-state index is 11.1. The van der Waals surface area contributed by atoms with Crippen LogP contribution in [0.2, 0.25) is 0 Å². The third-order valence-electron chi connectivity index (χ3n) is 2.16. The quantitative estimate of drug-likeness (QED) is 0.208. The van der Waals surface area contributed by atoms with E-state index in [0.717, 1.165) is 25.7 Å². The average molecular weight is 300 g/mol. The molecule has 0 saturated heterocycles. The molecule has 0 spiro atoms. The predicted octanol–water partition coefficient (Wildman–Crippen LogP) is 1.74. The van der Waals surface area contributed by atoms with Gasteiger partial charge in [-0.15, -0.1) is 0 Å². The van der Waals surface area contributed by atoms with Crippen molar-refractivity contribution in [3.05, 3.63) is 0 Å². The number of aliphatic hydroxyl groups excluding tert-OH is 1. The standard InChI is InChI=1S/C10H20O6S2/c1-2-3-4-5-6-7-8-16-9(11)10(12)17-18(13,14)15/h10,12H,2-8H2,1H3,(H,13,14,15). The van der Waals surface area contributed by atoms with E-state index in [1.807, 2.05) is 0 Å². The number of aliphatic hydroxyl groups is 1. The number of carbonyl (C=O) groups is 1. The minimum Gasteiger partial charge on any atom is -0.463 e. The molecule has 1 atom stereocenters. The molecular formula is C10H20O6S2. The van der Waals surface area contributed by atoms with Gasteiger partial charge < -0.3 is 9.84 Å². The number of rotatable bonds is 10. The van der Waals surface area contributed by atoms with Crippen LogP contribution in [0, 0.1) is 0 Å². The molecule has 0 rings (SSSR count). The van der Waals surface area contributed by atoms with Gasteiger partial charge in [-0.25, -0.2) is 4.79 Å². The van der Waals surface area contributed by atoms with E-state index in [0.29, 0.717) is 6.42 Å². The van der Waals surface area contributed by atoms with Crippen LogP contribution in [0.4, 0.5) is 0 Å². The lowest BCUT2D eigenvalue weighted by molar-refractivity contribution is -0.148. The second kappa shape index (κ2) is 9.60. The Balaban J connectivity index is 3.58. The number of carbonyl (C=O) groups excluding carboxylic acids is 1. The van der Waals surface area contributed by atoms with Crippen molar-refractivity contribution < 1.29 is 27.6 Å². The van der Waals surface area contributed by atoms with E-state index < -0.39 is 20.6 Å². The first-order chi connectivity index (χ1) is 8.37. The Hall–Kier alpha value is -0.310. The van der Waals surface area contributed by atoms with Crippen LogP contribution in [0.3, 0.4) is 0 Å². The van der Waals surface area contributed by atoms with E-state index in [-0.39, 0.29) is 17.4 Å². The highest BCUT2D eigenvalue weighted by Crippen LogP contribution is 2.16. The van der Waals surface area contributed by atoms with Gasteiger partial charge in [-0.1, -0.05) is 39.0 Å². The molecule has 0 amide bonds. The first-order valence-electron chi connectivity index (χ1n) is 5.87. The van der Waals surface area contributed by atoms with Crippen molar-refractivity contribution in [3.8, 4) is 0 Å². The van der Waals surface area contributed by atoms with Crippen molar-refractivity contribution in [2.45, 2.75) is 50.9 Å². The van der Waals surface area contributed by atoms with Crippen LogP contribution >= 0.6 is 10.8 Å². The summed E-state index contributed by atoms with van der Waals surface area (Å²) in [7, 11) is -4.70. The maximum Gasteiger partial charge on any atom is 0.346 e. The van der Waals surface area contributed by atoms with E-state index in [2.05, 4.69) is 11.7 Å². The van der Waals surface area contributed by atoms with Crippen LogP contribution in [0.1, 0.15) is 45.4 Å². The van der Waals surface area contributed by atoms with Crippen molar-refractivity contribution in [1.29, 1.82) is 0 Å². The van der Waals surface area contributed by atoms with Gasteiger partial charge in [0.25, 0.3) is 0 Å². The summed E-state index contributed by atoms with van der Waals surface area (Å²) in [5.74, 6) is -1.05. The fraction of sp³-hybridized carbons (Fsp3) is 0.900. The molecule has 8 heteroatoms. The van der Waals surface area contributed by atoms with Gasteiger partial charge in [-0.05, 0) is 6.42 Å². The van der Waals surface area contributed by atoms with Gasteiger partial charge in [-0.3, -0.25) is 4.55 Å². The number of hydrogen-bond acceptors (Lipinski definition) is 6. The summed E-state index contributed by atoms with van der Waals surface area (Å²) < 4.78 is 33.8. The SMILES string of the molecule is CCCCCCCCOC(=O)C(O)SS(=O)(=O)O. The average Bonchev–Trinajstić information content (AvgIpc) is 2.25. The van der Waals surface area contributed by atoms with Crippen molar-refractivity contribution in [2.24, 2.45) is 0 Å². The topological polar surface area (TPSA) is 101 Å². The summed E-state index contributed by atoms with van der Waals surface area (Å²) in [5, 5.41) is 9.08. The lowest BCUT2D eigenvalue weighted by Crippen LogP contribution is -2.21. The molecular weight excluding hydrogens is 280 g/mol. The van der Waals surface area contributed by atoms with E-state index in [1.54, 1.807) is 0 Å². The molecule has 2 N–H and O–H groups in total. The summed E-state index contributed by atoms with van der Waals surface area (Å²) in [5.41, 5.74) is -1.90. The second-order valence-electron chi connectivity index (χ2n) is 3.81. The Bertz CT molecular complexity index is 327. The molecule has 0 aromatic carbocycles. The molecule has 0 heterocycles. The van der Waals surface area contributed by atoms with E-state index >= 15 is 0 Å². The minimum atomic E-state index is -4.45. The van der Waals surface area contributed by atoms with Crippen LogP contribution in [-0.4, -0.2) is 36.1 Å². The van der Waals surface area contributed by atoms with E-state index in [9.17, 15) is 13.2 Å². The Morgan fingerprint density at radius 2 is 1.78 bits per heavy atom. The monoisotopic (exact) mass is 300 g/mol. The first-order valence-corrected chi connectivity index (χ1v) is 8.71. The highest BCUT2D eigenvalue weighted by molar-refractivity contribution is 8.70. The van der Waals surface area contributed by atoms with Crippen molar-refractivity contribution in [1.82, 2.24) is 0 Å². The van der Waals surface area contributed by atoms with Crippen LogP contribution in [0.25, 0.3) is 0 Å². The lowest BCUT2D eigenvalue weighted by atomic mass is 10.1. The molecule has 18 heavy (non-hydrogen) atoms. The largest absolute Gasteiger partial charge is 0.463 e. The van der Waals surface area contributed by atoms with Crippen LogP contribution in [-0.2, 0) is 18.7 Å². The Kier molecular flexibility index (Phi) is 9.43. The zero-order chi connectivity index (χ0) is 14.0. The molecule has 108 valence electrons. The summed E-state index contributed by atoms with van der Waals surface area (Å²) in [6.45, 7) is 2.27. The molecule has 0 radical (unpaired) electrons. The van der Waals surface area contributed by atoms with Gasteiger partial charge in [0.15, 0.2) is 0 Å². The highest BCUT2D eigenvalue weighted by Gasteiger charge is 2.23. The number of esters is 1. The Morgan fingerprint density at radius 3 is 2.33 bits per heavy atom. The number of ether oxygens (including phenoxy) is 1. The van der Waals surface area contributed by atoms with Crippen molar-refractivity contribution in [2.75, 3.05) is 6.61 Å². The molecule has 6 nitrogen and oxygen atoms in total. The molecule has 0 saturated carbocycles. The van der Waals surface area contributed by atoms with Crippen LogP contribution < -0.4 is 0 Å². The highest BCUT2D eigenvalue weighted by atomic mass is 33.1. The third-order valence-corrected chi connectivity index (χ3v) is 4.05. The smallest absolute Gasteiger partial charge is 0.346 e. The van der Waals surface area contributed by atoms with Gasteiger partial charge >= 0.3 is 15.1 Å². The summed E-state index contributed by atoms with van der Waals surface area (Å²) in [4.78, 5) is 11.1. The van der Waals surface area contributed by atoms with E-state index in [1.165, 1.54) is 6.42 Å². The zero-order valence-corrected chi connectivity index (χ0v) is 12.0.